The lowest BCUT2D eigenvalue weighted by molar-refractivity contribution is 0.273. The highest BCUT2D eigenvalue weighted by atomic mass is 16.5. The zero-order valence-corrected chi connectivity index (χ0v) is 9.47. The average molecular weight is 226 g/mol. The molecule has 2 heterocycles. The van der Waals surface area contributed by atoms with Gasteiger partial charge in [0.15, 0.2) is 0 Å². The largest absolute Gasteiger partial charge is 0.490 e. The van der Waals surface area contributed by atoms with Gasteiger partial charge in [0.2, 0.25) is 0 Å². The number of hydrogen-bond donors (Lipinski definition) is 1. The zero-order chi connectivity index (χ0) is 11.5. The summed E-state index contributed by atoms with van der Waals surface area (Å²) in [7, 11) is 0. The average Bonchev–Trinajstić information content (AvgIpc) is 2.81. The molecule has 0 radical (unpaired) electrons. The highest BCUT2D eigenvalue weighted by Gasteiger charge is 2.21. The highest BCUT2D eigenvalue weighted by Crippen LogP contribution is 2.25. The van der Waals surface area contributed by atoms with Gasteiger partial charge in [0.1, 0.15) is 12.4 Å². The zero-order valence-electron chi connectivity index (χ0n) is 9.47. The Bertz CT molecular complexity index is 499. The summed E-state index contributed by atoms with van der Waals surface area (Å²) in [6, 6.07) is 12.6. The van der Waals surface area contributed by atoms with Gasteiger partial charge in [-0.15, -0.1) is 0 Å². The van der Waals surface area contributed by atoms with E-state index in [0.717, 1.165) is 12.3 Å². The van der Waals surface area contributed by atoms with E-state index in [1.165, 1.54) is 11.1 Å². The molecule has 1 aromatic heterocycles. The van der Waals surface area contributed by atoms with Crippen LogP contribution in [0.5, 0.6) is 5.75 Å². The van der Waals surface area contributed by atoms with Crippen LogP contribution in [0, 0.1) is 0 Å². The topological polar surface area (TPSA) is 34.1 Å². The molecule has 0 saturated heterocycles. The molecule has 3 rings (SSSR count). The number of fused-ring (bicyclic) bond motifs is 1. The summed E-state index contributed by atoms with van der Waals surface area (Å²) in [5.74, 6) is 0.818. The van der Waals surface area contributed by atoms with Gasteiger partial charge in [-0.25, -0.2) is 0 Å². The van der Waals surface area contributed by atoms with E-state index in [4.69, 9.17) is 4.74 Å². The highest BCUT2D eigenvalue weighted by molar-refractivity contribution is 5.34. The maximum absolute atomic E-state index is 5.72. The van der Waals surface area contributed by atoms with Crippen LogP contribution in [-0.4, -0.2) is 11.6 Å². The van der Waals surface area contributed by atoms with Crippen molar-refractivity contribution in [3.8, 4) is 5.75 Å². The number of nitrogens with one attached hydrogen (secondary N) is 1. The molecule has 1 aromatic carbocycles. The summed E-state index contributed by atoms with van der Waals surface area (Å²) in [6.07, 6.45) is 3.48. The standard InChI is InChI=1S/C14H14N2O/c1-2-6-13-11(4-1)8-16-14(13)10-17-12-5-3-7-15-9-12/h1-7,9,14,16H,8,10H2. The molecule has 0 spiro atoms. The fraction of sp³-hybridized carbons (Fsp3) is 0.214. The minimum atomic E-state index is 0.284. The van der Waals surface area contributed by atoms with E-state index >= 15 is 0 Å². The summed E-state index contributed by atoms with van der Waals surface area (Å²) in [4.78, 5) is 4.03. The molecule has 0 aliphatic carbocycles. The molecule has 1 N–H and O–H groups in total. The van der Waals surface area contributed by atoms with Crippen LogP contribution in [-0.2, 0) is 6.54 Å². The Morgan fingerprint density at radius 3 is 3.06 bits per heavy atom. The van der Waals surface area contributed by atoms with Crippen molar-refractivity contribution in [2.45, 2.75) is 12.6 Å². The number of aromatic nitrogens is 1. The van der Waals surface area contributed by atoms with E-state index in [1.807, 2.05) is 12.1 Å². The maximum atomic E-state index is 5.72. The third-order valence-corrected chi connectivity index (χ3v) is 3.02. The molecule has 3 heteroatoms. The van der Waals surface area contributed by atoms with Crippen LogP contribution in [0.3, 0.4) is 0 Å². The van der Waals surface area contributed by atoms with E-state index < -0.39 is 0 Å². The van der Waals surface area contributed by atoms with Crippen LogP contribution in [0.4, 0.5) is 0 Å². The second kappa shape index (κ2) is 4.55. The van der Waals surface area contributed by atoms with Gasteiger partial charge in [-0.1, -0.05) is 24.3 Å². The van der Waals surface area contributed by atoms with Crippen molar-refractivity contribution in [1.29, 1.82) is 0 Å². The Hall–Kier alpha value is -1.87. The number of benzene rings is 1. The van der Waals surface area contributed by atoms with Crippen molar-refractivity contribution in [3.63, 3.8) is 0 Å². The lowest BCUT2D eigenvalue weighted by atomic mass is 10.1. The number of hydrogen-bond acceptors (Lipinski definition) is 3. The van der Waals surface area contributed by atoms with E-state index in [-0.39, 0.29) is 6.04 Å². The minimum absolute atomic E-state index is 0.284. The molecular weight excluding hydrogens is 212 g/mol. The number of ether oxygens (including phenoxy) is 1. The third kappa shape index (κ3) is 2.15. The molecule has 0 amide bonds. The molecule has 1 aliphatic rings. The maximum Gasteiger partial charge on any atom is 0.137 e. The Morgan fingerprint density at radius 1 is 1.24 bits per heavy atom. The first-order chi connectivity index (χ1) is 8.43. The first-order valence-electron chi connectivity index (χ1n) is 5.77. The molecule has 1 atom stereocenters. The first-order valence-corrected chi connectivity index (χ1v) is 5.77. The van der Waals surface area contributed by atoms with Crippen molar-refractivity contribution >= 4 is 0 Å². The molecule has 3 nitrogen and oxygen atoms in total. The van der Waals surface area contributed by atoms with Crippen LogP contribution < -0.4 is 10.1 Å². The summed E-state index contributed by atoms with van der Waals surface area (Å²) in [5.41, 5.74) is 2.71. The molecule has 2 aromatic rings. The number of rotatable bonds is 3. The third-order valence-electron chi connectivity index (χ3n) is 3.02. The fourth-order valence-corrected chi connectivity index (χ4v) is 2.14. The smallest absolute Gasteiger partial charge is 0.137 e. The van der Waals surface area contributed by atoms with E-state index in [1.54, 1.807) is 12.4 Å². The summed E-state index contributed by atoms with van der Waals surface area (Å²) < 4.78 is 5.72. The predicted octanol–water partition coefficient (Wildman–Crippen LogP) is 2.30. The number of pyridine rings is 1. The summed E-state index contributed by atoms with van der Waals surface area (Å²) in [5, 5.41) is 3.45. The second-order valence-corrected chi connectivity index (χ2v) is 4.13. The van der Waals surface area contributed by atoms with E-state index in [0.29, 0.717) is 6.61 Å². The normalized spacial score (nSPS) is 17.8. The van der Waals surface area contributed by atoms with Crippen molar-refractivity contribution in [2.75, 3.05) is 6.61 Å². The first kappa shape index (κ1) is 10.3. The molecule has 1 aliphatic heterocycles. The Balaban J connectivity index is 1.68. The van der Waals surface area contributed by atoms with Gasteiger partial charge in [-0.2, -0.15) is 0 Å². The van der Waals surface area contributed by atoms with Gasteiger partial charge in [-0.05, 0) is 23.3 Å². The van der Waals surface area contributed by atoms with Crippen LogP contribution in [0.1, 0.15) is 17.2 Å². The molecule has 17 heavy (non-hydrogen) atoms. The Labute approximate surface area is 100 Å². The molecule has 0 fully saturated rings. The predicted molar refractivity (Wildman–Crippen MR) is 65.8 cm³/mol. The van der Waals surface area contributed by atoms with Crippen molar-refractivity contribution in [1.82, 2.24) is 10.3 Å². The molecule has 1 unspecified atom stereocenters. The molecule has 86 valence electrons. The van der Waals surface area contributed by atoms with Gasteiger partial charge in [0.05, 0.1) is 12.2 Å². The Kier molecular flexibility index (Phi) is 2.76. The van der Waals surface area contributed by atoms with Gasteiger partial charge in [0, 0.05) is 12.7 Å². The minimum Gasteiger partial charge on any atom is -0.490 e. The molecule has 0 bridgehead atoms. The van der Waals surface area contributed by atoms with Crippen LogP contribution in [0.15, 0.2) is 48.8 Å². The van der Waals surface area contributed by atoms with Crippen LogP contribution in [0.2, 0.25) is 0 Å². The van der Waals surface area contributed by atoms with Crippen LogP contribution >= 0.6 is 0 Å². The van der Waals surface area contributed by atoms with E-state index in [2.05, 4.69) is 34.6 Å². The quantitative estimate of drug-likeness (QED) is 0.872. The van der Waals surface area contributed by atoms with Crippen molar-refractivity contribution in [3.05, 3.63) is 59.9 Å². The monoisotopic (exact) mass is 226 g/mol. The number of nitrogens with zero attached hydrogens (tertiary/aromatic N) is 1. The Morgan fingerprint density at radius 2 is 2.18 bits per heavy atom. The van der Waals surface area contributed by atoms with Crippen LogP contribution in [0.25, 0.3) is 0 Å². The fourth-order valence-electron chi connectivity index (χ4n) is 2.14. The van der Waals surface area contributed by atoms with Gasteiger partial charge in [0.25, 0.3) is 0 Å². The van der Waals surface area contributed by atoms with Crippen molar-refractivity contribution < 1.29 is 4.74 Å². The van der Waals surface area contributed by atoms with Gasteiger partial charge in [-0.3, -0.25) is 4.98 Å². The lowest BCUT2D eigenvalue weighted by Gasteiger charge is -2.13. The van der Waals surface area contributed by atoms with Gasteiger partial charge >= 0.3 is 0 Å². The van der Waals surface area contributed by atoms with E-state index in [9.17, 15) is 0 Å². The van der Waals surface area contributed by atoms with Crippen molar-refractivity contribution in [2.24, 2.45) is 0 Å². The summed E-state index contributed by atoms with van der Waals surface area (Å²) >= 11 is 0. The SMILES string of the molecule is c1cncc(OCC2NCc3ccccc32)c1. The molecular formula is C14H14N2O. The summed E-state index contributed by atoms with van der Waals surface area (Å²) in [6.45, 7) is 1.57. The second-order valence-electron chi connectivity index (χ2n) is 4.13. The van der Waals surface area contributed by atoms with Gasteiger partial charge < -0.3 is 10.1 Å². The molecule has 0 saturated carbocycles. The lowest BCUT2D eigenvalue weighted by Crippen LogP contribution is -2.19.